The summed E-state index contributed by atoms with van der Waals surface area (Å²) in [7, 11) is -7.22. The highest BCUT2D eigenvalue weighted by atomic mass is 32.2. The Labute approximate surface area is 183 Å². The normalized spacial score (nSPS) is 14.1. The van der Waals surface area contributed by atoms with Gasteiger partial charge >= 0.3 is 0 Å². The molecule has 0 fully saturated rings. The van der Waals surface area contributed by atoms with E-state index >= 15 is 0 Å². The summed E-state index contributed by atoms with van der Waals surface area (Å²) in [5.74, 6) is -0.0759. The number of carbonyl (C=O) groups is 1. The second-order valence-corrected chi connectivity index (χ2v) is 11.1. The molecule has 3 rings (SSSR count). The van der Waals surface area contributed by atoms with Crippen LogP contribution in [0.5, 0.6) is 0 Å². The quantitative estimate of drug-likeness (QED) is 0.621. The standard InChI is InChI=1S/C21H27N3O5S2/c1-3-14-30(26,27)24-13-5-6-16-15-18(9-12-20(16)24)23-31(28,29)19-10-7-17(8-11-19)22-21(25)4-2/h7-12,15,23H,3-6,13-14H2,1-2H3,(H,22,25). The van der Waals surface area contributed by atoms with E-state index in [4.69, 9.17) is 0 Å². The molecule has 0 unspecified atom stereocenters. The summed E-state index contributed by atoms with van der Waals surface area (Å²) in [5, 5.41) is 2.67. The summed E-state index contributed by atoms with van der Waals surface area (Å²) in [6, 6.07) is 10.8. The first-order chi connectivity index (χ1) is 14.7. The molecule has 0 bridgehead atoms. The maximum atomic E-state index is 12.8. The van der Waals surface area contributed by atoms with Crippen LogP contribution in [0.1, 0.15) is 38.7 Å². The lowest BCUT2D eigenvalue weighted by Crippen LogP contribution is -2.37. The fourth-order valence-electron chi connectivity index (χ4n) is 3.46. The van der Waals surface area contributed by atoms with Crippen molar-refractivity contribution in [3.05, 3.63) is 48.0 Å². The molecule has 0 saturated carbocycles. The summed E-state index contributed by atoms with van der Waals surface area (Å²) in [4.78, 5) is 11.5. The maximum Gasteiger partial charge on any atom is 0.261 e. The van der Waals surface area contributed by atoms with Crippen molar-refractivity contribution in [1.29, 1.82) is 0 Å². The highest BCUT2D eigenvalue weighted by Gasteiger charge is 2.27. The number of anilines is 3. The largest absolute Gasteiger partial charge is 0.326 e. The minimum Gasteiger partial charge on any atom is -0.326 e. The zero-order valence-corrected chi connectivity index (χ0v) is 19.2. The highest BCUT2D eigenvalue weighted by molar-refractivity contribution is 7.93. The topological polar surface area (TPSA) is 113 Å². The molecule has 0 aromatic heterocycles. The monoisotopic (exact) mass is 465 g/mol. The first-order valence-corrected chi connectivity index (χ1v) is 13.3. The number of benzene rings is 2. The summed E-state index contributed by atoms with van der Waals surface area (Å²) < 4.78 is 54.6. The molecule has 1 aliphatic rings. The van der Waals surface area contributed by atoms with Crippen molar-refractivity contribution in [2.45, 2.75) is 44.4 Å². The second-order valence-electron chi connectivity index (χ2n) is 7.37. The summed E-state index contributed by atoms with van der Waals surface area (Å²) >= 11 is 0. The van der Waals surface area contributed by atoms with Gasteiger partial charge in [-0.3, -0.25) is 13.8 Å². The number of sulfonamides is 2. The molecule has 168 valence electrons. The Morgan fingerprint density at radius 3 is 2.32 bits per heavy atom. The zero-order chi connectivity index (χ0) is 22.6. The van der Waals surface area contributed by atoms with Crippen LogP contribution in [0, 0.1) is 0 Å². The van der Waals surface area contributed by atoms with Gasteiger partial charge in [0.05, 0.1) is 16.3 Å². The molecule has 31 heavy (non-hydrogen) atoms. The first kappa shape index (κ1) is 23.1. The predicted octanol–water partition coefficient (Wildman–Crippen LogP) is 3.33. The molecular weight excluding hydrogens is 438 g/mol. The molecule has 0 saturated heterocycles. The van der Waals surface area contributed by atoms with E-state index in [9.17, 15) is 21.6 Å². The molecule has 1 heterocycles. The van der Waals surface area contributed by atoms with Crippen LogP contribution in [-0.2, 0) is 31.3 Å². The number of rotatable bonds is 8. The number of aryl methyl sites for hydroxylation is 1. The molecule has 0 radical (unpaired) electrons. The van der Waals surface area contributed by atoms with Gasteiger partial charge in [-0.15, -0.1) is 0 Å². The molecule has 2 aromatic rings. The van der Waals surface area contributed by atoms with E-state index < -0.39 is 20.0 Å². The lowest BCUT2D eigenvalue weighted by Gasteiger charge is -2.30. The van der Waals surface area contributed by atoms with E-state index in [0.29, 0.717) is 49.3 Å². The average Bonchev–Trinajstić information content (AvgIpc) is 2.73. The van der Waals surface area contributed by atoms with Gasteiger partial charge < -0.3 is 5.32 Å². The number of hydrogen-bond acceptors (Lipinski definition) is 5. The molecule has 1 amide bonds. The molecule has 8 nitrogen and oxygen atoms in total. The molecule has 0 atom stereocenters. The number of nitrogens with zero attached hydrogens (tertiary/aromatic N) is 1. The zero-order valence-electron chi connectivity index (χ0n) is 17.6. The van der Waals surface area contributed by atoms with Crippen LogP contribution in [0.25, 0.3) is 0 Å². The van der Waals surface area contributed by atoms with E-state index in [1.807, 2.05) is 6.92 Å². The summed E-state index contributed by atoms with van der Waals surface area (Å²) in [6.45, 7) is 3.99. The summed E-state index contributed by atoms with van der Waals surface area (Å²) in [5.41, 5.74) is 2.30. The van der Waals surface area contributed by atoms with E-state index in [-0.39, 0.29) is 16.6 Å². The third kappa shape index (κ3) is 5.37. The van der Waals surface area contributed by atoms with Crippen molar-refractivity contribution >= 4 is 43.0 Å². The van der Waals surface area contributed by atoms with Gasteiger partial charge in [0.1, 0.15) is 0 Å². The Hall–Kier alpha value is -2.59. The van der Waals surface area contributed by atoms with E-state index in [1.54, 1.807) is 25.1 Å². The van der Waals surface area contributed by atoms with Gasteiger partial charge in [-0.1, -0.05) is 13.8 Å². The molecular formula is C21H27N3O5S2. The Morgan fingerprint density at radius 2 is 1.68 bits per heavy atom. The van der Waals surface area contributed by atoms with Crippen LogP contribution in [0.2, 0.25) is 0 Å². The van der Waals surface area contributed by atoms with Gasteiger partial charge in [-0.2, -0.15) is 0 Å². The van der Waals surface area contributed by atoms with Crippen molar-refractivity contribution in [1.82, 2.24) is 0 Å². The van der Waals surface area contributed by atoms with Gasteiger partial charge in [0.25, 0.3) is 10.0 Å². The fourth-order valence-corrected chi connectivity index (χ4v) is 6.13. The Bertz CT molecular complexity index is 1160. The van der Waals surface area contributed by atoms with Crippen molar-refractivity contribution < 1.29 is 21.6 Å². The van der Waals surface area contributed by atoms with Crippen molar-refractivity contribution in [3.8, 4) is 0 Å². The lowest BCUT2D eigenvalue weighted by molar-refractivity contribution is -0.115. The van der Waals surface area contributed by atoms with Gasteiger partial charge in [-0.25, -0.2) is 16.8 Å². The molecule has 0 aliphatic carbocycles. The van der Waals surface area contributed by atoms with Crippen molar-refractivity contribution in [2.75, 3.05) is 26.6 Å². The average molecular weight is 466 g/mol. The van der Waals surface area contributed by atoms with Gasteiger partial charge in [0.2, 0.25) is 15.9 Å². The fraction of sp³-hybridized carbons (Fsp3) is 0.381. The number of fused-ring (bicyclic) bond motifs is 1. The number of amides is 1. The second kappa shape index (κ2) is 9.27. The van der Waals surface area contributed by atoms with Crippen molar-refractivity contribution in [3.63, 3.8) is 0 Å². The van der Waals surface area contributed by atoms with Crippen LogP contribution in [0.3, 0.4) is 0 Å². The molecule has 2 N–H and O–H groups in total. The SMILES string of the molecule is CCCS(=O)(=O)N1CCCc2cc(NS(=O)(=O)c3ccc(NC(=O)CC)cc3)ccc21. The van der Waals surface area contributed by atoms with E-state index in [2.05, 4.69) is 10.0 Å². The Morgan fingerprint density at radius 1 is 1.00 bits per heavy atom. The highest BCUT2D eigenvalue weighted by Crippen LogP contribution is 2.32. The smallest absolute Gasteiger partial charge is 0.261 e. The molecule has 0 spiro atoms. The van der Waals surface area contributed by atoms with Crippen LogP contribution in [0.15, 0.2) is 47.4 Å². The van der Waals surface area contributed by atoms with Crippen LogP contribution >= 0.6 is 0 Å². The number of carbonyl (C=O) groups excluding carboxylic acids is 1. The lowest BCUT2D eigenvalue weighted by atomic mass is 10.0. The summed E-state index contributed by atoms with van der Waals surface area (Å²) in [6.07, 6.45) is 2.22. The Balaban J connectivity index is 1.81. The van der Waals surface area contributed by atoms with Crippen LogP contribution in [0.4, 0.5) is 17.1 Å². The molecule has 10 heteroatoms. The van der Waals surface area contributed by atoms with Crippen LogP contribution < -0.4 is 14.3 Å². The van der Waals surface area contributed by atoms with Gasteiger partial charge in [-0.05, 0) is 67.3 Å². The van der Waals surface area contributed by atoms with Gasteiger partial charge in [0, 0.05) is 24.3 Å². The Kier molecular flexibility index (Phi) is 6.90. The number of hydrogen-bond donors (Lipinski definition) is 2. The first-order valence-electron chi connectivity index (χ1n) is 10.2. The van der Waals surface area contributed by atoms with E-state index in [0.717, 1.165) is 5.56 Å². The third-order valence-corrected chi connectivity index (χ3v) is 8.35. The minimum absolute atomic E-state index is 0.0619. The van der Waals surface area contributed by atoms with Gasteiger partial charge in [0.15, 0.2) is 0 Å². The third-order valence-electron chi connectivity index (χ3n) is 4.98. The maximum absolute atomic E-state index is 12.8. The molecule has 1 aliphatic heterocycles. The van der Waals surface area contributed by atoms with E-state index in [1.165, 1.54) is 28.6 Å². The predicted molar refractivity (Wildman–Crippen MR) is 122 cm³/mol. The number of nitrogens with one attached hydrogen (secondary N) is 2. The molecule has 2 aromatic carbocycles. The minimum atomic E-state index is -3.84. The van der Waals surface area contributed by atoms with Crippen LogP contribution in [-0.4, -0.2) is 35.0 Å². The van der Waals surface area contributed by atoms with Crippen molar-refractivity contribution in [2.24, 2.45) is 0 Å².